The summed E-state index contributed by atoms with van der Waals surface area (Å²) in [4.78, 5) is 9.61. The van der Waals surface area contributed by atoms with Crippen LogP contribution in [0.2, 0.25) is 0 Å². The van der Waals surface area contributed by atoms with E-state index in [4.69, 9.17) is 14.7 Å². The molecule has 0 saturated heterocycles. The highest BCUT2D eigenvalue weighted by Gasteiger charge is 2.19. The Kier molecular flexibility index (Phi) is 3.88. The molecule has 4 nitrogen and oxygen atoms in total. The highest BCUT2D eigenvalue weighted by molar-refractivity contribution is 5.57. The molecule has 1 aliphatic rings. The van der Waals surface area contributed by atoms with Gasteiger partial charge < -0.3 is 10.1 Å². The summed E-state index contributed by atoms with van der Waals surface area (Å²) in [5, 5.41) is 3.41. The second-order valence-corrected chi connectivity index (χ2v) is 5.67. The Balaban J connectivity index is 2.07. The molecule has 0 unspecified atom stereocenters. The van der Waals surface area contributed by atoms with Crippen molar-refractivity contribution in [3.05, 3.63) is 41.2 Å². The molecule has 1 N–H and O–H groups in total. The topological polar surface area (TPSA) is 47.0 Å². The standard InChI is InChI=1S/C17H21N3O/c1-11(2)16-14-10-18-9-8-15(14)19-17(20-16)12-4-6-13(21-3)7-5-12/h4-7,11,18H,8-10H2,1-3H3. The third-order valence-electron chi connectivity index (χ3n) is 3.86. The molecule has 110 valence electrons. The number of benzene rings is 1. The quantitative estimate of drug-likeness (QED) is 0.941. The van der Waals surface area contributed by atoms with Gasteiger partial charge in [-0.25, -0.2) is 9.97 Å². The molecule has 0 radical (unpaired) electrons. The Bertz CT molecular complexity index is 635. The maximum absolute atomic E-state index is 5.21. The zero-order chi connectivity index (χ0) is 14.8. The lowest BCUT2D eigenvalue weighted by molar-refractivity contribution is 0.415. The summed E-state index contributed by atoms with van der Waals surface area (Å²) in [5.74, 6) is 2.07. The molecule has 0 fully saturated rings. The van der Waals surface area contributed by atoms with Gasteiger partial charge >= 0.3 is 0 Å². The summed E-state index contributed by atoms with van der Waals surface area (Å²) in [6.07, 6.45) is 0.973. The first-order valence-electron chi connectivity index (χ1n) is 7.44. The van der Waals surface area contributed by atoms with Crippen LogP contribution in [-0.2, 0) is 13.0 Å². The Morgan fingerprint density at radius 2 is 1.90 bits per heavy atom. The molecule has 1 aromatic heterocycles. The first kappa shape index (κ1) is 14.0. The normalized spacial score (nSPS) is 14.1. The fraction of sp³-hybridized carbons (Fsp3) is 0.412. The average molecular weight is 283 g/mol. The predicted octanol–water partition coefficient (Wildman–Crippen LogP) is 2.92. The predicted molar refractivity (Wildman–Crippen MR) is 83.5 cm³/mol. The van der Waals surface area contributed by atoms with Gasteiger partial charge in [0.15, 0.2) is 5.82 Å². The maximum atomic E-state index is 5.21. The molecular formula is C17H21N3O. The van der Waals surface area contributed by atoms with Crippen LogP contribution in [0.3, 0.4) is 0 Å². The molecule has 21 heavy (non-hydrogen) atoms. The van der Waals surface area contributed by atoms with Crippen molar-refractivity contribution in [1.82, 2.24) is 15.3 Å². The zero-order valence-corrected chi connectivity index (χ0v) is 12.8. The first-order chi connectivity index (χ1) is 10.2. The monoisotopic (exact) mass is 283 g/mol. The summed E-state index contributed by atoms with van der Waals surface area (Å²) in [5.41, 5.74) is 4.68. The number of ether oxygens (including phenoxy) is 1. The number of hydrogen-bond donors (Lipinski definition) is 1. The van der Waals surface area contributed by atoms with Crippen molar-refractivity contribution in [2.45, 2.75) is 32.7 Å². The number of aromatic nitrogens is 2. The molecule has 4 heteroatoms. The molecule has 1 aromatic carbocycles. The summed E-state index contributed by atoms with van der Waals surface area (Å²) in [6, 6.07) is 7.95. The third-order valence-corrected chi connectivity index (χ3v) is 3.86. The van der Waals surface area contributed by atoms with Crippen LogP contribution in [0.1, 0.15) is 36.7 Å². The minimum Gasteiger partial charge on any atom is -0.497 e. The van der Waals surface area contributed by atoms with Crippen LogP contribution < -0.4 is 10.1 Å². The Morgan fingerprint density at radius 3 is 2.57 bits per heavy atom. The lowest BCUT2D eigenvalue weighted by Crippen LogP contribution is -2.27. The van der Waals surface area contributed by atoms with E-state index in [1.165, 1.54) is 11.3 Å². The smallest absolute Gasteiger partial charge is 0.159 e. The number of hydrogen-bond acceptors (Lipinski definition) is 4. The molecule has 1 aliphatic heterocycles. The Labute approximate surface area is 125 Å². The molecule has 0 spiro atoms. The van der Waals surface area contributed by atoms with E-state index in [9.17, 15) is 0 Å². The van der Waals surface area contributed by atoms with E-state index in [1.807, 2.05) is 24.3 Å². The van der Waals surface area contributed by atoms with E-state index >= 15 is 0 Å². The van der Waals surface area contributed by atoms with Crippen molar-refractivity contribution < 1.29 is 4.74 Å². The molecule has 0 atom stereocenters. The van der Waals surface area contributed by atoms with Crippen molar-refractivity contribution in [3.8, 4) is 17.1 Å². The second-order valence-electron chi connectivity index (χ2n) is 5.67. The average Bonchev–Trinajstić information content (AvgIpc) is 2.53. The van der Waals surface area contributed by atoms with Crippen LogP contribution in [-0.4, -0.2) is 23.6 Å². The highest BCUT2D eigenvalue weighted by atomic mass is 16.5. The molecule has 0 bridgehead atoms. The number of nitrogens with zero attached hydrogens (tertiary/aromatic N) is 2. The molecule has 0 saturated carbocycles. The summed E-state index contributed by atoms with van der Waals surface area (Å²) >= 11 is 0. The lowest BCUT2D eigenvalue weighted by atomic mass is 9.98. The van der Waals surface area contributed by atoms with Crippen LogP contribution >= 0.6 is 0 Å². The van der Waals surface area contributed by atoms with Gasteiger partial charge in [-0.2, -0.15) is 0 Å². The van der Waals surface area contributed by atoms with E-state index in [2.05, 4.69) is 19.2 Å². The minimum atomic E-state index is 0.402. The van der Waals surface area contributed by atoms with Crippen LogP contribution in [0, 0.1) is 0 Å². The lowest BCUT2D eigenvalue weighted by Gasteiger charge is -2.21. The number of methoxy groups -OCH3 is 1. The van der Waals surface area contributed by atoms with Gasteiger partial charge in [0.05, 0.1) is 18.5 Å². The molecule has 0 aliphatic carbocycles. The first-order valence-corrected chi connectivity index (χ1v) is 7.44. The van der Waals surface area contributed by atoms with Gasteiger partial charge in [0.1, 0.15) is 5.75 Å². The van der Waals surface area contributed by atoms with E-state index < -0.39 is 0 Å². The third kappa shape index (κ3) is 2.76. The number of rotatable bonds is 3. The SMILES string of the molecule is COc1ccc(-c2nc3c(c(C(C)C)n2)CNCC3)cc1. The second kappa shape index (κ2) is 5.82. The molecule has 2 aromatic rings. The van der Waals surface area contributed by atoms with Crippen LogP contribution in [0.15, 0.2) is 24.3 Å². The fourth-order valence-corrected chi connectivity index (χ4v) is 2.72. The van der Waals surface area contributed by atoms with E-state index in [1.54, 1.807) is 7.11 Å². The van der Waals surface area contributed by atoms with Gasteiger partial charge in [-0.1, -0.05) is 13.8 Å². The van der Waals surface area contributed by atoms with Gasteiger partial charge in [-0.05, 0) is 30.2 Å². The summed E-state index contributed by atoms with van der Waals surface area (Å²) < 4.78 is 5.21. The number of nitrogens with one attached hydrogen (secondary N) is 1. The molecular weight excluding hydrogens is 262 g/mol. The van der Waals surface area contributed by atoms with E-state index in [-0.39, 0.29) is 0 Å². The largest absolute Gasteiger partial charge is 0.497 e. The molecule has 3 rings (SSSR count). The highest BCUT2D eigenvalue weighted by Crippen LogP contribution is 2.27. The minimum absolute atomic E-state index is 0.402. The Hall–Kier alpha value is -1.94. The van der Waals surface area contributed by atoms with Crippen LogP contribution in [0.4, 0.5) is 0 Å². The van der Waals surface area contributed by atoms with Crippen LogP contribution in [0.5, 0.6) is 5.75 Å². The van der Waals surface area contributed by atoms with Gasteiger partial charge in [0, 0.05) is 30.6 Å². The van der Waals surface area contributed by atoms with Crippen molar-refractivity contribution >= 4 is 0 Å². The molecule has 2 heterocycles. The maximum Gasteiger partial charge on any atom is 0.159 e. The number of fused-ring (bicyclic) bond motifs is 1. The fourth-order valence-electron chi connectivity index (χ4n) is 2.72. The van der Waals surface area contributed by atoms with E-state index in [0.29, 0.717) is 5.92 Å². The van der Waals surface area contributed by atoms with E-state index in [0.717, 1.165) is 42.3 Å². The van der Waals surface area contributed by atoms with Crippen LogP contribution in [0.25, 0.3) is 11.4 Å². The summed E-state index contributed by atoms with van der Waals surface area (Å²) in [7, 11) is 1.67. The van der Waals surface area contributed by atoms with Crippen molar-refractivity contribution in [2.75, 3.05) is 13.7 Å². The van der Waals surface area contributed by atoms with Gasteiger partial charge in [0.2, 0.25) is 0 Å². The van der Waals surface area contributed by atoms with Gasteiger partial charge in [0.25, 0.3) is 0 Å². The van der Waals surface area contributed by atoms with Crippen molar-refractivity contribution in [3.63, 3.8) is 0 Å². The summed E-state index contributed by atoms with van der Waals surface area (Å²) in [6.45, 7) is 6.25. The van der Waals surface area contributed by atoms with Crippen molar-refractivity contribution in [1.29, 1.82) is 0 Å². The van der Waals surface area contributed by atoms with Crippen molar-refractivity contribution in [2.24, 2.45) is 0 Å². The zero-order valence-electron chi connectivity index (χ0n) is 12.8. The molecule has 0 amide bonds. The van der Waals surface area contributed by atoms with Gasteiger partial charge in [-0.15, -0.1) is 0 Å². The Morgan fingerprint density at radius 1 is 1.14 bits per heavy atom. The van der Waals surface area contributed by atoms with Gasteiger partial charge in [-0.3, -0.25) is 0 Å².